The molecular formula is C22H34N4O5S2. The van der Waals surface area contributed by atoms with Crippen molar-refractivity contribution in [1.82, 2.24) is 16.0 Å². The highest BCUT2D eigenvalue weighted by atomic mass is 32.2. The van der Waals surface area contributed by atoms with Crippen molar-refractivity contribution < 1.29 is 24.3 Å². The minimum Gasteiger partial charge on any atom is -0.480 e. The van der Waals surface area contributed by atoms with Gasteiger partial charge >= 0.3 is 5.97 Å². The van der Waals surface area contributed by atoms with Crippen molar-refractivity contribution >= 4 is 48.1 Å². The van der Waals surface area contributed by atoms with Gasteiger partial charge in [0.25, 0.3) is 0 Å². The molecule has 4 atom stereocenters. The van der Waals surface area contributed by atoms with E-state index in [0.717, 1.165) is 5.56 Å². The summed E-state index contributed by atoms with van der Waals surface area (Å²) in [6.45, 7) is 3.37. The van der Waals surface area contributed by atoms with Crippen molar-refractivity contribution in [3.8, 4) is 0 Å². The number of carboxylic acids is 1. The maximum absolute atomic E-state index is 13.1. The number of nitrogens with two attached hydrogens (primary N) is 1. The van der Waals surface area contributed by atoms with Crippen LogP contribution in [0.4, 0.5) is 0 Å². The average Bonchev–Trinajstić information content (AvgIpc) is 2.78. The lowest BCUT2D eigenvalue weighted by molar-refractivity contribution is -0.143. The van der Waals surface area contributed by atoms with Crippen LogP contribution in [0.5, 0.6) is 0 Å². The third kappa shape index (κ3) is 10.1. The highest BCUT2D eigenvalue weighted by Gasteiger charge is 2.31. The largest absolute Gasteiger partial charge is 0.480 e. The molecule has 0 heterocycles. The summed E-state index contributed by atoms with van der Waals surface area (Å²) in [6.07, 6.45) is 2.35. The van der Waals surface area contributed by atoms with E-state index in [1.54, 1.807) is 13.8 Å². The molecule has 0 aliphatic heterocycles. The van der Waals surface area contributed by atoms with E-state index in [2.05, 4.69) is 28.6 Å². The van der Waals surface area contributed by atoms with Crippen LogP contribution in [0, 0.1) is 5.92 Å². The summed E-state index contributed by atoms with van der Waals surface area (Å²) >= 11 is 5.52. The Kier molecular flexibility index (Phi) is 12.9. The molecular weight excluding hydrogens is 464 g/mol. The number of hydrogen-bond donors (Lipinski definition) is 6. The van der Waals surface area contributed by atoms with Gasteiger partial charge in [-0.3, -0.25) is 14.4 Å². The number of benzene rings is 1. The van der Waals surface area contributed by atoms with Crippen LogP contribution in [0.15, 0.2) is 30.3 Å². The zero-order valence-corrected chi connectivity index (χ0v) is 20.8. The summed E-state index contributed by atoms with van der Waals surface area (Å²) in [5.74, 6) is -2.49. The van der Waals surface area contributed by atoms with Gasteiger partial charge in [0, 0.05) is 12.2 Å². The number of carbonyl (C=O) groups is 4. The first-order valence-electron chi connectivity index (χ1n) is 10.6. The summed E-state index contributed by atoms with van der Waals surface area (Å²) in [5.41, 5.74) is 6.56. The maximum Gasteiger partial charge on any atom is 0.326 e. The summed E-state index contributed by atoms with van der Waals surface area (Å²) < 4.78 is 0. The molecule has 6 N–H and O–H groups in total. The van der Waals surface area contributed by atoms with Crippen LogP contribution in [0.1, 0.15) is 25.8 Å². The summed E-state index contributed by atoms with van der Waals surface area (Å²) in [6, 6.07) is 5.21. The van der Waals surface area contributed by atoms with Gasteiger partial charge in [-0.1, -0.05) is 44.2 Å². The van der Waals surface area contributed by atoms with Crippen LogP contribution < -0.4 is 21.7 Å². The SMILES string of the molecule is CSCCC(NC(=O)C(Cc1ccccc1)NC(=O)C(N)CS)C(=O)NC(C(=O)O)C(C)C. The normalized spacial score (nSPS) is 14.6. The van der Waals surface area contributed by atoms with E-state index in [4.69, 9.17) is 5.73 Å². The molecule has 0 aliphatic rings. The van der Waals surface area contributed by atoms with Gasteiger partial charge in [0.1, 0.15) is 18.1 Å². The minimum absolute atomic E-state index is 0.107. The number of hydrogen-bond acceptors (Lipinski definition) is 7. The van der Waals surface area contributed by atoms with Crippen molar-refractivity contribution in [2.24, 2.45) is 11.7 Å². The molecule has 1 rings (SSSR count). The molecule has 3 amide bonds. The number of carboxylic acid groups (broad SMARTS) is 1. The van der Waals surface area contributed by atoms with Crippen LogP contribution in [0.25, 0.3) is 0 Å². The first kappa shape index (κ1) is 28.8. The number of aliphatic carboxylic acids is 1. The van der Waals surface area contributed by atoms with E-state index in [9.17, 15) is 24.3 Å². The Hall–Kier alpha value is -2.24. The Morgan fingerprint density at radius 1 is 1.00 bits per heavy atom. The topological polar surface area (TPSA) is 151 Å². The fraction of sp³-hybridized carbons (Fsp3) is 0.545. The Morgan fingerprint density at radius 3 is 2.09 bits per heavy atom. The zero-order chi connectivity index (χ0) is 25.0. The number of carbonyl (C=O) groups excluding carboxylic acids is 3. The average molecular weight is 499 g/mol. The second-order valence-electron chi connectivity index (χ2n) is 7.95. The highest BCUT2D eigenvalue weighted by Crippen LogP contribution is 2.08. The Labute approximate surface area is 204 Å². The smallest absolute Gasteiger partial charge is 0.326 e. The van der Waals surface area contributed by atoms with E-state index in [-0.39, 0.29) is 18.1 Å². The van der Waals surface area contributed by atoms with Crippen LogP contribution in [0.3, 0.4) is 0 Å². The second kappa shape index (κ2) is 14.8. The molecule has 4 unspecified atom stereocenters. The van der Waals surface area contributed by atoms with E-state index in [1.165, 1.54) is 11.8 Å². The van der Waals surface area contributed by atoms with E-state index >= 15 is 0 Å². The highest BCUT2D eigenvalue weighted by molar-refractivity contribution is 7.98. The molecule has 0 saturated carbocycles. The molecule has 0 spiro atoms. The predicted molar refractivity (Wildman–Crippen MR) is 133 cm³/mol. The fourth-order valence-corrected chi connectivity index (χ4v) is 3.60. The predicted octanol–water partition coefficient (Wildman–Crippen LogP) is 0.434. The molecule has 0 fully saturated rings. The molecule has 1 aromatic rings. The quantitative estimate of drug-likeness (QED) is 0.204. The summed E-state index contributed by atoms with van der Waals surface area (Å²) in [7, 11) is 0. The maximum atomic E-state index is 13.1. The Morgan fingerprint density at radius 2 is 1.58 bits per heavy atom. The van der Waals surface area contributed by atoms with Gasteiger partial charge in [0.05, 0.1) is 6.04 Å². The van der Waals surface area contributed by atoms with Gasteiger partial charge in [-0.05, 0) is 29.9 Å². The lowest BCUT2D eigenvalue weighted by Gasteiger charge is -2.26. The van der Waals surface area contributed by atoms with Crippen molar-refractivity contribution in [2.75, 3.05) is 17.8 Å². The van der Waals surface area contributed by atoms with Crippen molar-refractivity contribution in [1.29, 1.82) is 0 Å². The molecule has 9 nitrogen and oxygen atoms in total. The molecule has 0 bridgehead atoms. The van der Waals surface area contributed by atoms with Crippen LogP contribution in [0.2, 0.25) is 0 Å². The molecule has 0 aliphatic carbocycles. The monoisotopic (exact) mass is 498 g/mol. The fourth-order valence-electron chi connectivity index (χ4n) is 2.96. The molecule has 0 aromatic heterocycles. The second-order valence-corrected chi connectivity index (χ2v) is 9.30. The van der Waals surface area contributed by atoms with E-state index in [1.807, 2.05) is 36.6 Å². The number of nitrogens with one attached hydrogen (secondary N) is 3. The molecule has 184 valence electrons. The van der Waals surface area contributed by atoms with Crippen LogP contribution in [-0.2, 0) is 25.6 Å². The van der Waals surface area contributed by atoms with Gasteiger partial charge in [-0.2, -0.15) is 24.4 Å². The van der Waals surface area contributed by atoms with Gasteiger partial charge < -0.3 is 26.8 Å². The number of thiol groups is 1. The number of thioether (sulfide) groups is 1. The standard InChI is InChI=1S/C22H34N4O5S2/c1-13(2)18(22(30)31)26-20(28)16(9-10-33-3)24-21(29)17(25-19(27)15(23)12-32)11-14-7-5-4-6-8-14/h4-8,13,15-18,32H,9-12,23H2,1-3H3,(H,24,29)(H,25,27)(H,26,28)(H,30,31). The van der Waals surface area contributed by atoms with Crippen LogP contribution >= 0.6 is 24.4 Å². The first-order valence-corrected chi connectivity index (χ1v) is 12.7. The van der Waals surface area contributed by atoms with Crippen molar-refractivity contribution in [2.45, 2.75) is 50.9 Å². The summed E-state index contributed by atoms with van der Waals surface area (Å²) in [4.78, 5) is 49.8. The molecule has 11 heteroatoms. The van der Waals surface area contributed by atoms with Gasteiger partial charge in [0.15, 0.2) is 0 Å². The molecule has 1 aromatic carbocycles. The Bertz CT molecular complexity index is 794. The molecule has 0 radical (unpaired) electrons. The Balaban J connectivity index is 3.05. The minimum atomic E-state index is -1.15. The number of amides is 3. The van der Waals surface area contributed by atoms with Crippen LogP contribution in [-0.4, -0.2) is 70.7 Å². The zero-order valence-electron chi connectivity index (χ0n) is 19.1. The third-order valence-corrected chi connectivity index (χ3v) is 5.96. The number of rotatable bonds is 14. The lowest BCUT2D eigenvalue weighted by Crippen LogP contribution is -2.58. The first-order chi connectivity index (χ1) is 15.6. The van der Waals surface area contributed by atoms with Gasteiger partial charge in [0.2, 0.25) is 17.7 Å². The molecule has 33 heavy (non-hydrogen) atoms. The van der Waals surface area contributed by atoms with Crippen molar-refractivity contribution in [3.05, 3.63) is 35.9 Å². The summed E-state index contributed by atoms with van der Waals surface area (Å²) in [5, 5.41) is 17.2. The van der Waals surface area contributed by atoms with Gasteiger partial charge in [-0.25, -0.2) is 4.79 Å². The third-order valence-electron chi connectivity index (χ3n) is 4.92. The van der Waals surface area contributed by atoms with E-state index < -0.39 is 47.9 Å². The van der Waals surface area contributed by atoms with E-state index in [0.29, 0.717) is 12.2 Å². The van der Waals surface area contributed by atoms with Crippen molar-refractivity contribution in [3.63, 3.8) is 0 Å². The molecule has 0 saturated heterocycles. The lowest BCUT2D eigenvalue weighted by atomic mass is 10.0. The van der Waals surface area contributed by atoms with Gasteiger partial charge in [-0.15, -0.1) is 0 Å².